The number of carbonyl (C=O) groups is 1. The number of aromatic nitrogens is 2. The third kappa shape index (κ3) is 5.73. The molecule has 2 aliphatic heterocycles. The Labute approximate surface area is 227 Å². The van der Waals surface area contributed by atoms with E-state index in [9.17, 15) is 13.6 Å². The van der Waals surface area contributed by atoms with Crippen LogP contribution in [-0.2, 0) is 9.47 Å². The summed E-state index contributed by atoms with van der Waals surface area (Å²) < 4.78 is 39.8. The predicted molar refractivity (Wildman–Crippen MR) is 145 cm³/mol. The van der Waals surface area contributed by atoms with E-state index in [1.807, 2.05) is 31.7 Å². The van der Waals surface area contributed by atoms with E-state index >= 15 is 0 Å². The number of carbonyl (C=O) groups excluding carboxylic acids is 1. The fourth-order valence-corrected chi connectivity index (χ4v) is 5.53. The second-order valence-electron chi connectivity index (χ2n) is 11.2. The molecule has 2 N–H and O–H groups in total. The maximum Gasteiger partial charge on any atom is 0.410 e. The molecule has 0 bridgehead atoms. The first-order valence-corrected chi connectivity index (χ1v) is 13.4. The van der Waals surface area contributed by atoms with E-state index in [1.165, 1.54) is 17.8 Å². The molecule has 1 amide bonds. The number of anilines is 1. The molecule has 0 unspecified atom stereocenters. The predicted octanol–water partition coefficient (Wildman–Crippen LogP) is 6.64. The molecule has 0 spiro atoms. The number of benzene rings is 1. The standard InChI is InChI=1S/C30H34F2N4O3/c1-30(2,3)39-29(37)36-12-4-5-25(36)23-15-19(6-7-21(23)18-9-13-38-14-10-18)20-16-24(28(33)35-17-20)22-8-11-34-27(32)26(22)31/h6-8,11,15-18,25H,4-5,9-10,12-14H2,1-3H3,(H2,33,35)/t25-/m0/s1. The molecule has 1 atom stereocenters. The summed E-state index contributed by atoms with van der Waals surface area (Å²) >= 11 is 0. The molecule has 0 saturated carbocycles. The summed E-state index contributed by atoms with van der Waals surface area (Å²) in [4.78, 5) is 22.7. The molecule has 3 aromatic rings. The Balaban J connectivity index is 1.58. The highest BCUT2D eigenvalue weighted by Gasteiger charge is 2.35. The summed E-state index contributed by atoms with van der Waals surface area (Å²) in [7, 11) is 0. The average molecular weight is 537 g/mol. The number of rotatable bonds is 4. The van der Waals surface area contributed by atoms with E-state index in [0.29, 0.717) is 31.2 Å². The van der Waals surface area contributed by atoms with Crippen molar-refractivity contribution in [3.05, 3.63) is 65.6 Å². The van der Waals surface area contributed by atoms with Gasteiger partial charge in [0.2, 0.25) is 5.95 Å². The summed E-state index contributed by atoms with van der Waals surface area (Å²) in [5.74, 6) is -1.85. The van der Waals surface area contributed by atoms with Gasteiger partial charge in [-0.25, -0.2) is 19.2 Å². The first kappa shape index (κ1) is 27.0. The molecule has 2 aromatic heterocycles. The van der Waals surface area contributed by atoms with Gasteiger partial charge in [0.25, 0.3) is 0 Å². The van der Waals surface area contributed by atoms with Crippen molar-refractivity contribution >= 4 is 11.9 Å². The molecule has 0 radical (unpaired) electrons. The second kappa shape index (κ2) is 10.9. The number of nitrogens with two attached hydrogens (primary N) is 1. The minimum absolute atomic E-state index is 0.000271. The molecule has 4 heterocycles. The molecule has 9 heteroatoms. The summed E-state index contributed by atoms with van der Waals surface area (Å²) in [5, 5.41) is 0. The molecule has 1 aromatic carbocycles. The van der Waals surface area contributed by atoms with Crippen LogP contribution in [-0.4, -0.2) is 46.3 Å². The van der Waals surface area contributed by atoms with Gasteiger partial charge >= 0.3 is 6.09 Å². The van der Waals surface area contributed by atoms with Gasteiger partial charge in [-0.15, -0.1) is 0 Å². The van der Waals surface area contributed by atoms with Gasteiger partial charge in [0.05, 0.1) is 6.04 Å². The van der Waals surface area contributed by atoms with Crippen LogP contribution < -0.4 is 5.73 Å². The molecule has 2 saturated heterocycles. The van der Waals surface area contributed by atoms with E-state index < -0.39 is 17.4 Å². The van der Waals surface area contributed by atoms with Crippen molar-refractivity contribution in [1.29, 1.82) is 0 Å². The molecule has 2 fully saturated rings. The highest BCUT2D eigenvalue weighted by atomic mass is 19.2. The number of hydrogen-bond acceptors (Lipinski definition) is 6. The first-order valence-electron chi connectivity index (χ1n) is 13.4. The zero-order chi connectivity index (χ0) is 27.7. The SMILES string of the molecule is CC(C)(C)OC(=O)N1CCC[C@H]1c1cc(-c2cnc(N)c(-c3ccnc(F)c3F)c2)ccc1C1CCOCC1. The Morgan fingerprint density at radius 1 is 1.03 bits per heavy atom. The lowest BCUT2D eigenvalue weighted by Crippen LogP contribution is -2.36. The first-order chi connectivity index (χ1) is 18.6. The van der Waals surface area contributed by atoms with Gasteiger partial charge < -0.3 is 20.1 Å². The number of hydrogen-bond donors (Lipinski definition) is 1. The third-order valence-corrected chi connectivity index (χ3v) is 7.38. The van der Waals surface area contributed by atoms with E-state index in [-0.39, 0.29) is 29.1 Å². The minimum atomic E-state index is -1.19. The zero-order valence-corrected chi connectivity index (χ0v) is 22.5. The zero-order valence-electron chi connectivity index (χ0n) is 22.5. The van der Waals surface area contributed by atoms with Gasteiger partial charge in [-0.3, -0.25) is 0 Å². The van der Waals surface area contributed by atoms with Crippen LogP contribution in [0.1, 0.15) is 69.5 Å². The van der Waals surface area contributed by atoms with Crippen LogP contribution in [0.2, 0.25) is 0 Å². The Morgan fingerprint density at radius 3 is 2.54 bits per heavy atom. The number of pyridine rings is 2. The van der Waals surface area contributed by atoms with Crippen molar-refractivity contribution < 1.29 is 23.0 Å². The maximum atomic E-state index is 14.6. The van der Waals surface area contributed by atoms with Crippen molar-refractivity contribution in [3.63, 3.8) is 0 Å². The van der Waals surface area contributed by atoms with Crippen LogP contribution in [0.15, 0.2) is 42.7 Å². The van der Waals surface area contributed by atoms with Gasteiger partial charge in [-0.1, -0.05) is 12.1 Å². The van der Waals surface area contributed by atoms with Crippen molar-refractivity contribution in [1.82, 2.24) is 14.9 Å². The summed E-state index contributed by atoms with van der Waals surface area (Å²) in [5.41, 5.74) is 9.60. The van der Waals surface area contributed by atoms with Gasteiger partial charge in [-0.2, -0.15) is 4.39 Å². The van der Waals surface area contributed by atoms with Crippen LogP contribution in [0, 0.1) is 11.8 Å². The topological polar surface area (TPSA) is 90.6 Å². The number of ether oxygens (including phenoxy) is 2. The van der Waals surface area contributed by atoms with E-state index in [2.05, 4.69) is 22.1 Å². The fraction of sp³-hybridized carbons (Fsp3) is 0.433. The van der Waals surface area contributed by atoms with Crippen molar-refractivity contribution in [3.8, 4) is 22.3 Å². The molecule has 39 heavy (non-hydrogen) atoms. The van der Waals surface area contributed by atoms with Gasteiger partial charge in [0.1, 0.15) is 11.4 Å². The molecule has 0 aliphatic carbocycles. The lowest BCUT2D eigenvalue weighted by Gasteiger charge is -2.32. The largest absolute Gasteiger partial charge is 0.444 e. The summed E-state index contributed by atoms with van der Waals surface area (Å²) in [6.45, 7) is 7.63. The van der Waals surface area contributed by atoms with Gasteiger partial charge in [-0.05, 0) is 87.3 Å². The van der Waals surface area contributed by atoms with Gasteiger partial charge in [0, 0.05) is 48.8 Å². The van der Waals surface area contributed by atoms with Crippen molar-refractivity contribution in [2.45, 2.75) is 64.0 Å². The maximum absolute atomic E-state index is 14.6. The quantitative estimate of drug-likeness (QED) is 0.376. The third-order valence-electron chi connectivity index (χ3n) is 7.38. The highest BCUT2D eigenvalue weighted by Crippen LogP contribution is 2.42. The molecule has 7 nitrogen and oxygen atoms in total. The van der Waals surface area contributed by atoms with Crippen LogP contribution in [0.4, 0.5) is 19.4 Å². The lowest BCUT2D eigenvalue weighted by molar-refractivity contribution is 0.0222. The Kier molecular flexibility index (Phi) is 7.53. The number of nitrogens with zero attached hydrogens (tertiary/aromatic N) is 3. The van der Waals surface area contributed by atoms with E-state index in [0.717, 1.165) is 36.8 Å². The Hall–Kier alpha value is -3.59. The Morgan fingerprint density at radius 2 is 1.79 bits per heavy atom. The van der Waals surface area contributed by atoms with Crippen LogP contribution in [0.25, 0.3) is 22.3 Å². The monoisotopic (exact) mass is 536 g/mol. The highest BCUT2D eigenvalue weighted by molar-refractivity contribution is 5.80. The smallest absolute Gasteiger partial charge is 0.410 e. The minimum Gasteiger partial charge on any atom is -0.444 e. The summed E-state index contributed by atoms with van der Waals surface area (Å²) in [6, 6.07) is 9.19. The number of amides is 1. The van der Waals surface area contributed by atoms with Crippen LogP contribution in [0.3, 0.4) is 0 Å². The molecule has 2 aliphatic rings. The van der Waals surface area contributed by atoms with E-state index in [4.69, 9.17) is 15.2 Å². The molecular weight excluding hydrogens is 502 g/mol. The molecule has 5 rings (SSSR count). The normalized spacial score (nSPS) is 18.4. The molecular formula is C30H34F2N4O3. The Bertz CT molecular complexity index is 1370. The second-order valence-corrected chi connectivity index (χ2v) is 11.2. The molecule has 206 valence electrons. The lowest BCUT2D eigenvalue weighted by atomic mass is 9.83. The van der Waals surface area contributed by atoms with Crippen molar-refractivity contribution in [2.75, 3.05) is 25.5 Å². The van der Waals surface area contributed by atoms with E-state index in [1.54, 1.807) is 12.3 Å². The van der Waals surface area contributed by atoms with Crippen LogP contribution in [0.5, 0.6) is 0 Å². The van der Waals surface area contributed by atoms with Gasteiger partial charge in [0.15, 0.2) is 5.82 Å². The van der Waals surface area contributed by atoms with Crippen LogP contribution >= 0.6 is 0 Å². The number of halogens is 2. The fourth-order valence-electron chi connectivity index (χ4n) is 5.53. The number of nitrogen functional groups attached to an aromatic ring is 1. The number of likely N-dealkylation sites (tertiary alicyclic amines) is 1. The van der Waals surface area contributed by atoms with Crippen molar-refractivity contribution in [2.24, 2.45) is 0 Å². The summed E-state index contributed by atoms with van der Waals surface area (Å²) in [6.07, 6.45) is 6.03. The average Bonchev–Trinajstić information content (AvgIpc) is 3.40.